The van der Waals surface area contributed by atoms with E-state index in [2.05, 4.69) is 28.8 Å². The lowest BCUT2D eigenvalue weighted by molar-refractivity contribution is -0.134. The van der Waals surface area contributed by atoms with Gasteiger partial charge in [0.1, 0.15) is 10.9 Å². The van der Waals surface area contributed by atoms with Crippen molar-refractivity contribution in [1.82, 2.24) is 19.5 Å². The average molecular weight is 602 g/mol. The Bertz CT molecular complexity index is 1430. The molecule has 0 spiro atoms. The van der Waals surface area contributed by atoms with Gasteiger partial charge in [0.25, 0.3) is 0 Å². The zero-order valence-electron chi connectivity index (χ0n) is 23.6. The number of rotatable bonds is 11. The van der Waals surface area contributed by atoms with Crippen LogP contribution in [-0.4, -0.2) is 99.3 Å². The highest BCUT2D eigenvalue weighted by Crippen LogP contribution is 2.36. The number of benzene rings is 2. The molecule has 0 bridgehead atoms. The molecule has 1 atom stereocenters. The number of aliphatic hydroxyl groups is 1. The summed E-state index contributed by atoms with van der Waals surface area (Å²) >= 11 is 1.48. The number of aromatic nitrogens is 1. The lowest BCUT2D eigenvalue weighted by atomic mass is 9.82. The standard InChI is InChI=1S/C29H39N5O5S2/c1-29(2)19-21-6-5-9-25(27(21)30-20-29)41(37,38)32-23(18-26-31-22-7-3-4-8-24(22)40-26)28(36)34-12-10-33(11-13-34)14-16-39-17-15-35/h3-9,23,30,32,35H,10-20H2,1-2H3/t23-/m0/s1. The highest BCUT2D eigenvalue weighted by molar-refractivity contribution is 7.89. The molecule has 3 N–H and O–H groups in total. The number of hydrogen-bond donors (Lipinski definition) is 3. The number of sulfonamides is 1. The van der Waals surface area contributed by atoms with Crippen LogP contribution in [-0.2, 0) is 32.4 Å². The zero-order chi connectivity index (χ0) is 29.0. The Balaban J connectivity index is 1.36. The number of fused-ring (bicyclic) bond motifs is 2. The van der Waals surface area contributed by atoms with E-state index in [1.54, 1.807) is 17.0 Å². The number of para-hydroxylation sites is 2. The van der Waals surface area contributed by atoms with Crippen molar-refractivity contribution in [3.63, 3.8) is 0 Å². The molecule has 10 nitrogen and oxygen atoms in total. The van der Waals surface area contributed by atoms with Gasteiger partial charge in [-0.25, -0.2) is 13.4 Å². The third-order valence-corrected chi connectivity index (χ3v) is 10.2. The molecule has 0 aliphatic carbocycles. The third kappa shape index (κ3) is 7.25. The molecule has 2 aliphatic heterocycles. The molecule has 0 radical (unpaired) electrons. The van der Waals surface area contributed by atoms with Crippen molar-refractivity contribution in [2.75, 3.05) is 64.4 Å². The molecule has 41 heavy (non-hydrogen) atoms. The van der Waals surface area contributed by atoms with Gasteiger partial charge in [-0.1, -0.05) is 38.1 Å². The summed E-state index contributed by atoms with van der Waals surface area (Å²) in [6.07, 6.45) is 0.935. The smallest absolute Gasteiger partial charge is 0.243 e. The van der Waals surface area contributed by atoms with Crippen LogP contribution in [0.15, 0.2) is 47.4 Å². The highest BCUT2D eigenvalue weighted by Gasteiger charge is 2.35. The van der Waals surface area contributed by atoms with Crippen LogP contribution in [0.5, 0.6) is 0 Å². The molecule has 2 aliphatic rings. The number of nitrogens with zero attached hydrogens (tertiary/aromatic N) is 3. The second-order valence-corrected chi connectivity index (χ2v) is 14.2. The molecule has 0 saturated carbocycles. The second-order valence-electron chi connectivity index (χ2n) is 11.4. The first kappa shape index (κ1) is 29.9. The summed E-state index contributed by atoms with van der Waals surface area (Å²) < 4.78 is 36.9. The van der Waals surface area contributed by atoms with Crippen molar-refractivity contribution in [3.05, 3.63) is 53.0 Å². The molecule has 1 fully saturated rings. The molecular formula is C29H39N5O5S2. The number of carbonyl (C=O) groups excluding carboxylic acids is 1. The maximum Gasteiger partial charge on any atom is 0.243 e. The second kappa shape index (κ2) is 12.7. The number of anilines is 1. The molecule has 5 rings (SSSR count). The Kier molecular flexibility index (Phi) is 9.27. The van der Waals surface area contributed by atoms with Crippen molar-refractivity contribution in [2.45, 2.75) is 37.6 Å². The van der Waals surface area contributed by atoms with Crippen LogP contribution in [0.4, 0.5) is 5.69 Å². The maximum atomic E-state index is 13.9. The summed E-state index contributed by atoms with van der Waals surface area (Å²) in [6.45, 7) is 8.82. The molecule has 0 unspecified atom stereocenters. The van der Waals surface area contributed by atoms with Crippen LogP contribution in [0.1, 0.15) is 24.4 Å². The number of aliphatic hydroxyl groups excluding tert-OH is 1. The van der Waals surface area contributed by atoms with Crippen molar-refractivity contribution in [1.29, 1.82) is 0 Å². The quantitative estimate of drug-likeness (QED) is 0.286. The monoisotopic (exact) mass is 601 g/mol. The third-order valence-electron chi connectivity index (χ3n) is 7.60. The predicted molar refractivity (Wildman–Crippen MR) is 161 cm³/mol. The van der Waals surface area contributed by atoms with Crippen molar-refractivity contribution in [2.24, 2.45) is 5.41 Å². The topological polar surface area (TPSA) is 124 Å². The van der Waals surface area contributed by atoms with Gasteiger partial charge in [-0.2, -0.15) is 4.72 Å². The van der Waals surface area contributed by atoms with E-state index in [0.717, 1.165) is 22.2 Å². The Hall–Kier alpha value is -2.61. The van der Waals surface area contributed by atoms with Crippen LogP contribution in [0.3, 0.4) is 0 Å². The van der Waals surface area contributed by atoms with Crippen LogP contribution in [0.25, 0.3) is 10.2 Å². The Morgan fingerprint density at radius 1 is 1.15 bits per heavy atom. The van der Waals surface area contributed by atoms with Gasteiger partial charge >= 0.3 is 0 Å². The molecule has 1 aromatic heterocycles. The summed E-state index contributed by atoms with van der Waals surface area (Å²) in [5.41, 5.74) is 2.42. The lowest BCUT2D eigenvalue weighted by Gasteiger charge is -2.36. The van der Waals surface area contributed by atoms with E-state index in [1.165, 1.54) is 11.3 Å². The first-order valence-corrected chi connectivity index (χ1v) is 16.4. The summed E-state index contributed by atoms with van der Waals surface area (Å²) in [4.78, 5) is 22.7. The molecule has 3 aromatic rings. The minimum atomic E-state index is -4.03. The van der Waals surface area contributed by atoms with Crippen LogP contribution >= 0.6 is 11.3 Å². The van der Waals surface area contributed by atoms with Crippen LogP contribution in [0.2, 0.25) is 0 Å². The van der Waals surface area contributed by atoms with Gasteiger partial charge in [0.2, 0.25) is 15.9 Å². The predicted octanol–water partition coefficient (Wildman–Crippen LogP) is 2.33. The van der Waals surface area contributed by atoms with Crippen LogP contribution in [0, 0.1) is 5.41 Å². The van der Waals surface area contributed by atoms with E-state index in [-0.39, 0.29) is 29.2 Å². The largest absolute Gasteiger partial charge is 0.394 e. The van der Waals surface area contributed by atoms with E-state index >= 15 is 0 Å². The summed E-state index contributed by atoms with van der Waals surface area (Å²) in [5.74, 6) is -0.247. The van der Waals surface area contributed by atoms with Gasteiger partial charge in [0.05, 0.1) is 40.7 Å². The van der Waals surface area contributed by atoms with E-state index in [0.29, 0.717) is 63.2 Å². The van der Waals surface area contributed by atoms with Crippen molar-refractivity contribution < 1.29 is 23.1 Å². The number of piperazine rings is 1. The van der Waals surface area contributed by atoms with E-state index in [4.69, 9.17) is 14.8 Å². The fraction of sp³-hybridized carbons (Fsp3) is 0.517. The van der Waals surface area contributed by atoms with Gasteiger partial charge in [0.15, 0.2) is 0 Å². The normalized spacial score (nSPS) is 18.2. The number of thiazole rings is 1. The van der Waals surface area contributed by atoms with E-state index in [1.807, 2.05) is 30.3 Å². The fourth-order valence-electron chi connectivity index (χ4n) is 5.44. The zero-order valence-corrected chi connectivity index (χ0v) is 25.3. The Morgan fingerprint density at radius 2 is 1.93 bits per heavy atom. The average Bonchev–Trinajstić information content (AvgIpc) is 3.36. The van der Waals surface area contributed by atoms with Crippen LogP contribution < -0.4 is 10.0 Å². The SMILES string of the molecule is CC1(C)CNc2c(cccc2S(=O)(=O)N[C@@H](Cc2nc3ccccc3s2)C(=O)N2CCN(CCOCCO)CC2)C1. The first-order valence-electron chi connectivity index (χ1n) is 14.1. The number of hydrogen-bond acceptors (Lipinski definition) is 9. The first-order chi connectivity index (χ1) is 19.6. The van der Waals surface area contributed by atoms with E-state index < -0.39 is 16.1 Å². The van der Waals surface area contributed by atoms with Crippen molar-refractivity contribution in [3.8, 4) is 0 Å². The van der Waals surface area contributed by atoms with Gasteiger partial charge in [-0.15, -0.1) is 11.3 Å². The number of ether oxygens (including phenoxy) is 1. The highest BCUT2D eigenvalue weighted by atomic mass is 32.2. The molecule has 222 valence electrons. The van der Waals surface area contributed by atoms with E-state index in [9.17, 15) is 13.2 Å². The van der Waals surface area contributed by atoms with Gasteiger partial charge < -0.3 is 20.1 Å². The number of nitrogens with one attached hydrogen (secondary N) is 2. The molecular weight excluding hydrogens is 562 g/mol. The Morgan fingerprint density at radius 3 is 2.68 bits per heavy atom. The molecule has 1 amide bonds. The van der Waals surface area contributed by atoms with Gasteiger partial charge in [-0.3, -0.25) is 9.69 Å². The molecule has 2 aromatic carbocycles. The summed E-state index contributed by atoms with van der Waals surface area (Å²) in [5, 5.41) is 12.9. The van der Waals surface area contributed by atoms with Gasteiger partial charge in [-0.05, 0) is 35.6 Å². The summed E-state index contributed by atoms with van der Waals surface area (Å²) in [7, 11) is -4.03. The lowest BCUT2D eigenvalue weighted by Crippen LogP contribution is -2.55. The maximum absolute atomic E-state index is 13.9. The minimum absolute atomic E-state index is 0.00588. The molecule has 3 heterocycles. The number of carbonyl (C=O) groups is 1. The molecule has 1 saturated heterocycles. The minimum Gasteiger partial charge on any atom is -0.394 e. The summed E-state index contributed by atoms with van der Waals surface area (Å²) in [6, 6.07) is 12.1. The Labute approximate surface area is 245 Å². The number of amides is 1. The van der Waals surface area contributed by atoms with Crippen molar-refractivity contribution >= 4 is 43.2 Å². The van der Waals surface area contributed by atoms with Gasteiger partial charge in [0, 0.05) is 45.7 Å². The molecule has 12 heteroatoms. The fourth-order valence-corrected chi connectivity index (χ4v) is 7.87.